The molecule has 0 bridgehead atoms. The first kappa shape index (κ1) is 18.9. The molecule has 0 aliphatic heterocycles. The van der Waals surface area contributed by atoms with E-state index in [0.29, 0.717) is 5.56 Å². The lowest BCUT2D eigenvalue weighted by molar-refractivity contribution is -0.384. The van der Waals surface area contributed by atoms with Crippen LogP contribution in [0.3, 0.4) is 0 Å². The van der Waals surface area contributed by atoms with Gasteiger partial charge in [0.2, 0.25) is 11.7 Å². The number of nitro groups is 1. The summed E-state index contributed by atoms with van der Waals surface area (Å²) in [4.78, 5) is 14.5. The number of nitro benzene ring substituents is 1. The lowest BCUT2D eigenvalue weighted by Gasteiger charge is -2.06. The van der Waals surface area contributed by atoms with Crippen LogP contribution in [0, 0.1) is 10.1 Å². The van der Waals surface area contributed by atoms with Gasteiger partial charge in [-0.15, -0.1) is 10.2 Å². The zero-order chi connectivity index (χ0) is 20.6. The lowest BCUT2D eigenvalue weighted by atomic mass is 10.2. The minimum absolute atomic E-state index is 0.112. The first-order valence-corrected chi connectivity index (χ1v) is 8.92. The van der Waals surface area contributed by atoms with Crippen LogP contribution in [0.1, 0.15) is 11.5 Å². The SMILES string of the molecule is O=[N+]([O-])c1cccc(-c2noc(CSc3nnc4ccc(C(F)(F)F)cn34)n2)c1. The molecule has 9 nitrogen and oxygen atoms in total. The largest absolute Gasteiger partial charge is 0.417 e. The van der Waals surface area contributed by atoms with Crippen LogP contribution in [0.4, 0.5) is 18.9 Å². The smallest absolute Gasteiger partial charge is 0.338 e. The van der Waals surface area contributed by atoms with Gasteiger partial charge in [0, 0.05) is 23.9 Å². The first-order chi connectivity index (χ1) is 13.8. The van der Waals surface area contributed by atoms with Gasteiger partial charge in [0.05, 0.1) is 16.2 Å². The Bertz CT molecular complexity index is 1210. The molecule has 0 N–H and O–H groups in total. The number of benzene rings is 1. The molecule has 0 fully saturated rings. The van der Waals surface area contributed by atoms with Crippen LogP contribution in [0.5, 0.6) is 0 Å². The second-order valence-corrected chi connectivity index (χ2v) is 6.68. The van der Waals surface area contributed by atoms with Gasteiger partial charge in [0.15, 0.2) is 10.8 Å². The molecule has 0 unspecified atom stereocenters. The summed E-state index contributed by atoms with van der Waals surface area (Å²) in [5.41, 5.74) is -0.263. The highest BCUT2D eigenvalue weighted by atomic mass is 32.2. The summed E-state index contributed by atoms with van der Waals surface area (Å²) < 4.78 is 45.1. The fourth-order valence-corrected chi connectivity index (χ4v) is 3.21. The Balaban J connectivity index is 1.53. The molecule has 13 heteroatoms. The maximum atomic E-state index is 12.9. The predicted octanol–water partition coefficient (Wildman–Crippen LogP) is 4.00. The van der Waals surface area contributed by atoms with E-state index >= 15 is 0 Å². The van der Waals surface area contributed by atoms with E-state index in [1.807, 2.05) is 0 Å². The summed E-state index contributed by atoms with van der Waals surface area (Å²) in [5, 5.41) is 22.6. The molecule has 0 amide bonds. The predicted molar refractivity (Wildman–Crippen MR) is 93.9 cm³/mol. The van der Waals surface area contributed by atoms with Gasteiger partial charge in [0.25, 0.3) is 5.69 Å². The number of hydrogen-bond acceptors (Lipinski definition) is 8. The van der Waals surface area contributed by atoms with Gasteiger partial charge in [-0.25, -0.2) is 0 Å². The standard InChI is InChI=1S/C16H9F3N6O3S/c17-16(18,19)10-4-5-12-21-22-15(24(12)7-10)29-8-13-20-14(23-28-13)9-2-1-3-11(6-9)25(26)27/h1-7H,8H2. The number of rotatable bonds is 5. The van der Waals surface area contributed by atoms with Gasteiger partial charge in [-0.3, -0.25) is 14.5 Å². The van der Waals surface area contributed by atoms with Gasteiger partial charge in [0.1, 0.15) is 0 Å². The quantitative estimate of drug-likeness (QED) is 0.269. The number of pyridine rings is 1. The van der Waals surface area contributed by atoms with Crippen molar-refractivity contribution in [3.8, 4) is 11.4 Å². The zero-order valence-electron chi connectivity index (χ0n) is 14.2. The molecule has 0 saturated heterocycles. The van der Waals surface area contributed by atoms with Crippen LogP contribution in [-0.4, -0.2) is 29.7 Å². The minimum Gasteiger partial charge on any atom is -0.338 e. The molecule has 0 atom stereocenters. The molecule has 3 heterocycles. The van der Waals surface area contributed by atoms with E-state index in [0.717, 1.165) is 24.0 Å². The Morgan fingerprint density at radius 2 is 2.03 bits per heavy atom. The maximum Gasteiger partial charge on any atom is 0.417 e. The number of halogens is 3. The molecule has 0 aliphatic carbocycles. The summed E-state index contributed by atoms with van der Waals surface area (Å²) in [6.45, 7) is 0. The average molecular weight is 422 g/mol. The van der Waals surface area contributed by atoms with Crippen molar-refractivity contribution in [3.05, 3.63) is 64.2 Å². The number of fused-ring (bicyclic) bond motifs is 1. The van der Waals surface area contributed by atoms with Gasteiger partial charge < -0.3 is 4.52 Å². The van der Waals surface area contributed by atoms with E-state index < -0.39 is 16.7 Å². The fraction of sp³-hybridized carbons (Fsp3) is 0.125. The monoisotopic (exact) mass is 422 g/mol. The van der Waals surface area contributed by atoms with Crippen molar-refractivity contribution in [3.63, 3.8) is 0 Å². The third-order valence-corrected chi connectivity index (χ3v) is 4.73. The second kappa shape index (κ2) is 7.16. The summed E-state index contributed by atoms with van der Waals surface area (Å²) in [5.74, 6) is 0.467. The number of nitrogens with zero attached hydrogens (tertiary/aromatic N) is 6. The number of aromatic nitrogens is 5. The summed E-state index contributed by atoms with van der Waals surface area (Å²) in [6.07, 6.45) is -3.57. The Morgan fingerprint density at radius 1 is 1.21 bits per heavy atom. The van der Waals surface area contributed by atoms with E-state index in [9.17, 15) is 23.3 Å². The molecule has 3 aromatic heterocycles. The topological polar surface area (TPSA) is 112 Å². The van der Waals surface area contributed by atoms with Crippen molar-refractivity contribution in [2.75, 3.05) is 0 Å². The summed E-state index contributed by atoms with van der Waals surface area (Å²) in [7, 11) is 0. The van der Waals surface area contributed by atoms with Crippen molar-refractivity contribution in [1.29, 1.82) is 0 Å². The second-order valence-electron chi connectivity index (χ2n) is 5.73. The van der Waals surface area contributed by atoms with Crippen molar-refractivity contribution in [2.24, 2.45) is 0 Å². The zero-order valence-corrected chi connectivity index (χ0v) is 15.0. The molecular weight excluding hydrogens is 413 g/mol. The highest BCUT2D eigenvalue weighted by Crippen LogP contribution is 2.31. The average Bonchev–Trinajstić information content (AvgIpc) is 3.32. The van der Waals surface area contributed by atoms with Crippen LogP contribution in [-0.2, 0) is 11.9 Å². The Kier molecular flexibility index (Phi) is 4.66. The van der Waals surface area contributed by atoms with Crippen LogP contribution in [0.15, 0.2) is 52.3 Å². The molecule has 4 rings (SSSR count). The number of alkyl halides is 3. The minimum atomic E-state index is -4.49. The summed E-state index contributed by atoms with van der Waals surface area (Å²) in [6, 6.07) is 7.91. The Labute approximate surface area is 163 Å². The fourth-order valence-electron chi connectivity index (χ4n) is 2.45. The number of hydrogen-bond donors (Lipinski definition) is 0. The molecule has 4 aromatic rings. The van der Waals surface area contributed by atoms with Crippen LogP contribution in [0.2, 0.25) is 0 Å². The Morgan fingerprint density at radius 3 is 2.79 bits per heavy atom. The molecular formula is C16H9F3N6O3S. The number of non-ortho nitro benzene ring substituents is 1. The molecule has 1 aromatic carbocycles. The van der Waals surface area contributed by atoms with E-state index in [-0.39, 0.29) is 34.0 Å². The van der Waals surface area contributed by atoms with E-state index in [1.54, 1.807) is 6.07 Å². The van der Waals surface area contributed by atoms with E-state index in [4.69, 9.17) is 4.52 Å². The molecule has 0 radical (unpaired) electrons. The van der Waals surface area contributed by atoms with Crippen molar-refractivity contribution in [2.45, 2.75) is 17.1 Å². The van der Waals surface area contributed by atoms with Crippen molar-refractivity contribution < 1.29 is 22.6 Å². The van der Waals surface area contributed by atoms with Gasteiger partial charge in [-0.2, -0.15) is 18.2 Å². The maximum absolute atomic E-state index is 12.9. The molecule has 29 heavy (non-hydrogen) atoms. The highest BCUT2D eigenvalue weighted by molar-refractivity contribution is 7.98. The van der Waals surface area contributed by atoms with Gasteiger partial charge >= 0.3 is 6.18 Å². The van der Waals surface area contributed by atoms with Gasteiger partial charge in [-0.1, -0.05) is 29.1 Å². The van der Waals surface area contributed by atoms with Gasteiger partial charge in [-0.05, 0) is 12.1 Å². The third-order valence-electron chi connectivity index (χ3n) is 3.81. The lowest BCUT2D eigenvalue weighted by Crippen LogP contribution is -2.06. The molecule has 0 saturated carbocycles. The van der Waals surface area contributed by atoms with E-state index in [2.05, 4.69) is 20.3 Å². The molecule has 0 spiro atoms. The highest BCUT2D eigenvalue weighted by Gasteiger charge is 2.31. The molecule has 148 valence electrons. The first-order valence-electron chi connectivity index (χ1n) is 7.93. The van der Waals surface area contributed by atoms with Crippen molar-refractivity contribution >= 4 is 23.1 Å². The Hall–Kier alpha value is -3.48. The van der Waals surface area contributed by atoms with Crippen LogP contribution in [0.25, 0.3) is 17.0 Å². The third kappa shape index (κ3) is 3.89. The van der Waals surface area contributed by atoms with Crippen molar-refractivity contribution in [1.82, 2.24) is 24.7 Å². The van der Waals surface area contributed by atoms with Crippen LogP contribution < -0.4 is 0 Å². The van der Waals surface area contributed by atoms with Crippen LogP contribution >= 0.6 is 11.8 Å². The van der Waals surface area contributed by atoms with E-state index in [1.165, 1.54) is 28.7 Å². The molecule has 0 aliphatic rings. The normalized spacial score (nSPS) is 11.8. The summed E-state index contributed by atoms with van der Waals surface area (Å²) >= 11 is 1.06. The number of thioether (sulfide) groups is 1.